The Morgan fingerprint density at radius 3 is 2.91 bits per heavy atom. The first kappa shape index (κ1) is 16.0. The molecule has 22 heavy (non-hydrogen) atoms. The SMILES string of the molecule is CNCCN(C)C(=O)c1ccc(C2=CC(C=O)NO2)cc1O. The van der Waals surface area contributed by atoms with E-state index in [9.17, 15) is 14.7 Å². The van der Waals surface area contributed by atoms with Gasteiger partial charge in [-0.05, 0) is 25.3 Å². The molecule has 0 spiro atoms. The van der Waals surface area contributed by atoms with Crippen LogP contribution in [0.3, 0.4) is 0 Å². The zero-order valence-corrected chi connectivity index (χ0v) is 12.5. The number of carbonyl (C=O) groups excluding carboxylic acids is 2. The Morgan fingerprint density at radius 1 is 1.55 bits per heavy atom. The highest BCUT2D eigenvalue weighted by atomic mass is 16.7. The molecule has 0 aliphatic carbocycles. The van der Waals surface area contributed by atoms with Crippen LogP contribution in [0.25, 0.3) is 5.76 Å². The van der Waals surface area contributed by atoms with Crippen LogP contribution in [-0.4, -0.2) is 55.4 Å². The molecular formula is C15H19N3O4. The second-order valence-electron chi connectivity index (χ2n) is 4.97. The van der Waals surface area contributed by atoms with Crippen LogP contribution in [0, 0.1) is 0 Å². The number of amides is 1. The van der Waals surface area contributed by atoms with E-state index in [2.05, 4.69) is 10.8 Å². The molecule has 0 saturated carbocycles. The van der Waals surface area contributed by atoms with E-state index in [1.807, 2.05) is 0 Å². The van der Waals surface area contributed by atoms with Crippen molar-refractivity contribution < 1.29 is 19.5 Å². The van der Waals surface area contributed by atoms with Crippen LogP contribution >= 0.6 is 0 Å². The fourth-order valence-electron chi connectivity index (χ4n) is 2.04. The van der Waals surface area contributed by atoms with Crippen LogP contribution in [0.2, 0.25) is 0 Å². The van der Waals surface area contributed by atoms with Crippen molar-refractivity contribution in [2.24, 2.45) is 0 Å². The third-order valence-corrected chi connectivity index (χ3v) is 3.34. The Labute approximate surface area is 128 Å². The Morgan fingerprint density at radius 2 is 2.32 bits per heavy atom. The van der Waals surface area contributed by atoms with E-state index >= 15 is 0 Å². The van der Waals surface area contributed by atoms with E-state index in [4.69, 9.17) is 4.84 Å². The lowest BCUT2D eigenvalue weighted by Gasteiger charge is -2.17. The molecule has 7 nitrogen and oxygen atoms in total. The van der Waals surface area contributed by atoms with Gasteiger partial charge in [0.2, 0.25) is 0 Å². The molecule has 2 rings (SSSR count). The summed E-state index contributed by atoms with van der Waals surface area (Å²) in [6.45, 7) is 1.20. The first-order chi connectivity index (χ1) is 10.6. The summed E-state index contributed by atoms with van der Waals surface area (Å²) < 4.78 is 0. The number of hydrogen-bond donors (Lipinski definition) is 3. The maximum Gasteiger partial charge on any atom is 0.257 e. The summed E-state index contributed by atoms with van der Waals surface area (Å²) in [6, 6.07) is 4.15. The van der Waals surface area contributed by atoms with Gasteiger partial charge >= 0.3 is 0 Å². The van der Waals surface area contributed by atoms with Gasteiger partial charge in [0.05, 0.1) is 5.56 Å². The number of rotatable bonds is 6. The lowest BCUT2D eigenvalue weighted by atomic mass is 10.1. The Kier molecular flexibility index (Phi) is 5.13. The minimum absolute atomic E-state index is 0.127. The molecule has 118 valence electrons. The summed E-state index contributed by atoms with van der Waals surface area (Å²) in [5.74, 6) is 0.0531. The largest absolute Gasteiger partial charge is 0.507 e. The lowest BCUT2D eigenvalue weighted by molar-refractivity contribution is -0.109. The fraction of sp³-hybridized carbons (Fsp3) is 0.333. The molecule has 0 fully saturated rings. The van der Waals surface area contributed by atoms with Crippen molar-refractivity contribution in [3.05, 3.63) is 35.4 Å². The van der Waals surface area contributed by atoms with E-state index < -0.39 is 6.04 Å². The van der Waals surface area contributed by atoms with Gasteiger partial charge in [0, 0.05) is 25.7 Å². The topological polar surface area (TPSA) is 90.9 Å². The molecule has 1 aromatic carbocycles. The van der Waals surface area contributed by atoms with Crippen molar-refractivity contribution in [2.45, 2.75) is 6.04 Å². The van der Waals surface area contributed by atoms with Crippen LogP contribution in [-0.2, 0) is 9.63 Å². The summed E-state index contributed by atoms with van der Waals surface area (Å²) >= 11 is 0. The van der Waals surface area contributed by atoms with E-state index in [0.717, 1.165) is 0 Å². The van der Waals surface area contributed by atoms with Gasteiger partial charge in [-0.3, -0.25) is 4.79 Å². The number of phenolic OH excluding ortho intramolecular Hbond substituents is 1. The molecular weight excluding hydrogens is 286 g/mol. The van der Waals surface area contributed by atoms with Gasteiger partial charge in [0.1, 0.15) is 18.1 Å². The highest BCUT2D eigenvalue weighted by molar-refractivity contribution is 5.97. The zero-order chi connectivity index (χ0) is 16.1. The molecule has 3 N–H and O–H groups in total. The second-order valence-corrected chi connectivity index (χ2v) is 4.97. The monoisotopic (exact) mass is 305 g/mol. The summed E-state index contributed by atoms with van der Waals surface area (Å²) in [7, 11) is 3.48. The number of nitrogens with one attached hydrogen (secondary N) is 2. The number of carbonyl (C=O) groups is 2. The number of hydroxylamine groups is 1. The van der Waals surface area contributed by atoms with Gasteiger partial charge in [-0.25, -0.2) is 0 Å². The highest BCUT2D eigenvalue weighted by Gasteiger charge is 2.20. The minimum Gasteiger partial charge on any atom is -0.507 e. The number of nitrogens with zero attached hydrogens (tertiary/aromatic N) is 1. The molecule has 1 amide bonds. The number of phenols is 1. The molecule has 0 bridgehead atoms. The van der Waals surface area contributed by atoms with Crippen molar-refractivity contribution in [1.29, 1.82) is 0 Å². The van der Waals surface area contributed by atoms with Crippen molar-refractivity contribution >= 4 is 18.0 Å². The van der Waals surface area contributed by atoms with Crippen molar-refractivity contribution in [3.63, 3.8) is 0 Å². The molecule has 1 unspecified atom stereocenters. The first-order valence-electron chi connectivity index (χ1n) is 6.89. The van der Waals surface area contributed by atoms with Gasteiger partial charge in [0.15, 0.2) is 5.76 Å². The molecule has 1 aromatic rings. The van der Waals surface area contributed by atoms with Crippen LogP contribution in [0.1, 0.15) is 15.9 Å². The van der Waals surface area contributed by atoms with E-state index in [-0.39, 0.29) is 17.2 Å². The van der Waals surface area contributed by atoms with E-state index in [0.29, 0.717) is 30.7 Å². The maximum atomic E-state index is 12.2. The Balaban J connectivity index is 2.16. The van der Waals surface area contributed by atoms with Gasteiger partial charge in [-0.15, -0.1) is 5.48 Å². The van der Waals surface area contributed by atoms with Crippen LogP contribution in [0.4, 0.5) is 0 Å². The number of aromatic hydroxyl groups is 1. The number of benzene rings is 1. The zero-order valence-electron chi connectivity index (χ0n) is 12.5. The second kappa shape index (κ2) is 7.06. The van der Waals surface area contributed by atoms with Crippen LogP contribution < -0.4 is 10.8 Å². The molecule has 1 atom stereocenters. The van der Waals surface area contributed by atoms with Crippen LogP contribution in [0.15, 0.2) is 24.3 Å². The minimum atomic E-state index is -0.508. The Bertz CT molecular complexity index is 600. The Hall–Kier alpha value is -2.38. The standard InChI is InChI=1S/C15H19N3O4/c1-16-5-6-18(2)15(21)12-4-3-10(7-13(12)20)14-8-11(9-19)17-22-14/h3-4,7-9,11,16-17,20H,5-6H2,1-2H3. The number of likely N-dealkylation sites (N-methyl/N-ethyl adjacent to an activating group) is 2. The molecule has 1 aliphatic heterocycles. The van der Waals surface area contributed by atoms with Gasteiger partial charge < -0.3 is 25.0 Å². The lowest BCUT2D eigenvalue weighted by Crippen LogP contribution is -2.32. The quantitative estimate of drug-likeness (QED) is 0.647. The maximum absolute atomic E-state index is 12.2. The average molecular weight is 305 g/mol. The summed E-state index contributed by atoms with van der Waals surface area (Å²) in [4.78, 5) is 29.6. The molecule has 0 saturated heterocycles. The van der Waals surface area contributed by atoms with Gasteiger partial charge in [0.25, 0.3) is 5.91 Å². The van der Waals surface area contributed by atoms with Gasteiger partial charge in [-0.1, -0.05) is 6.07 Å². The third-order valence-electron chi connectivity index (χ3n) is 3.34. The van der Waals surface area contributed by atoms with E-state index in [1.165, 1.54) is 11.0 Å². The predicted octanol–water partition coefficient (Wildman–Crippen LogP) is 0.127. The third kappa shape index (κ3) is 3.44. The molecule has 1 heterocycles. The number of hydrogen-bond acceptors (Lipinski definition) is 6. The van der Waals surface area contributed by atoms with Crippen molar-refractivity contribution in [1.82, 2.24) is 15.7 Å². The van der Waals surface area contributed by atoms with Gasteiger partial charge in [-0.2, -0.15) is 0 Å². The normalized spacial score (nSPS) is 16.8. The molecule has 7 heteroatoms. The fourth-order valence-corrected chi connectivity index (χ4v) is 2.04. The molecule has 1 aliphatic rings. The van der Waals surface area contributed by atoms with Crippen molar-refractivity contribution in [2.75, 3.05) is 27.2 Å². The molecule has 0 aromatic heterocycles. The summed E-state index contributed by atoms with van der Waals surface area (Å²) in [6.07, 6.45) is 2.31. The van der Waals surface area contributed by atoms with E-state index in [1.54, 1.807) is 32.3 Å². The smallest absolute Gasteiger partial charge is 0.257 e. The summed E-state index contributed by atoms with van der Waals surface area (Å²) in [5.41, 5.74) is 3.34. The number of aldehydes is 1. The molecule has 0 radical (unpaired) electrons. The first-order valence-corrected chi connectivity index (χ1v) is 6.89. The summed E-state index contributed by atoms with van der Waals surface area (Å²) in [5, 5.41) is 13.0. The highest BCUT2D eigenvalue weighted by Crippen LogP contribution is 2.26. The van der Waals surface area contributed by atoms with Crippen molar-refractivity contribution in [3.8, 4) is 5.75 Å². The van der Waals surface area contributed by atoms with Crippen LogP contribution in [0.5, 0.6) is 5.75 Å². The predicted molar refractivity (Wildman–Crippen MR) is 81.0 cm³/mol. The average Bonchev–Trinajstić information content (AvgIpc) is 3.00.